The van der Waals surface area contributed by atoms with Crippen molar-refractivity contribution >= 4 is 0 Å². The van der Waals surface area contributed by atoms with Crippen LogP contribution < -0.4 is 0 Å². The highest BCUT2D eigenvalue weighted by Gasteiger charge is 1.68. The monoisotopic (exact) mass is 218 g/mol. The van der Waals surface area contributed by atoms with Crippen LogP contribution in [0, 0.1) is 0 Å². The summed E-state index contributed by atoms with van der Waals surface area (Å²) in [5.74, 6) is 0. The van der Waals surface area contributed by atoms with Crippen LogP contribution in [0.5, 0.6) is 0 Å². The van der Waals surface area contributed by atoms with Gasteiger partial charge in [0.05, 0.1) is 0 Å². The first kappa shape index (κ1) is 29.3. The fraction of sp³-hybridized carbons (Fsp3) is 0.867. The molecule has 0 N–H and O–H groups in total. The predicted molar refractivity (Wildman–Crippen MR) is 79.7 cm³/mol. The first-order valence-corrected chi connectivity index (χ1v) is 6.74. The number of unbranched alkanes of at least 4 members (excludes halogenated alkanes) is 2. The highest BCUT2D eigenvalue weighted by Crippen LogP contribution is 1.88. The van der Waals surface area contributed by atoms with Crippen molar-refractivity contribution < 1.29 is 0 Å². The maximum Gasteiger partial charge on any atom is -0.0538 e. The zero-order chi connectivity index (χ0) is 13.5. The highest BCUT2D eigenvalue weighted by molar-refractivity contribution is 4.24. The Bertz CT molecular complexity index is 27.0. The van der Waals surface area contributed by atoms with Crippen molar-refractivity contribution in [3.05, 3.63) is 13.2 Å². The molecule has 0 heteroatoms. The van der Waals surface area contributed by atoms with Gasteiger partial charge >= 0.3 is 0 Å². The molecule has 0 aromatic heterocycles. The third-order valence-corrected chi connectivity index (χ3v) is 0.707. The van der Waals surface area contributed by atoms with E-state index >= 15 is 0 Å². The van der Waals surface area contributed by atoms with Crippen LogP contribution in [0.15, 0.2) is 13.2 Å². The topological polar surface area (TPSA) is 0 Å². The molecule has 0 rings (SSSR count). The van der Waals surface area contributed by atoms with Gasteiger partial charge in [-0.1, -0.05) is 87.5 Å². The van der Waals surface area contributed by atoms with Gasteiger partial charge in [0.2, 0.25) is 0 Å². The van der Waals surface area contributed by atoms with Gasteiger partial charge in [-0.3, -0.25) is 0 Å². The van der Waals surface area contributed by atoms with E-state index in [2.05, 4.69) is 54.7 Å². The summed E-state index contributed by atoms with van der Waals surface area (Å²) in [5, 5.41) is 0. The van der Waals surface area contributed by atoms with Crippen molar-refractivity contribution in [2.75, 3.05) is 0 Å². The Kier molecular flexibility index (Phi) is 194. The molecule has 0 aromatic rings. The van der Waals surface area contributed by atoms with Crippen LogP contribution >= 0.6 is 0 Å². The summed E-state index contributed by atoms with van der Waals surface area (Å²) in [6.07, 6.45) is 6.58. The zero-order valence-electron chi connectivity index (χ0n) is 12.9. The van der Waals surface area contributed by atoms with Gasteiger partial charge in [-0.05, 0) is 0 Å². The fourth-order valence-corrected chi connectivity index (χ4v) is 0.354. The highest BCUT2D eigenvalue weighted by atomic mass is 13.7. The van der Waals surface area contributed by atoms with Crippen molar-refractivity contribution in [3.8, 4) is 0 Å². The molecule has 0 aromatic carbocycles. The van der Waals surface area contributed by atoms with E-state index in [1.807, 2.05) is 13.8 Å². The van der Waals surface area contributed by atoms with E-state index in [1.165, 1.54) is 32.1 Å². The van der Waals surface area contributed by atoms with Gasteiger partial charge in [0.25, 0.3) is 0 Å². The molecule has 0 saturated carbocycles. The SMILES string of the molecule is C=C.CC.CCC.CCC.CCCCC. The van der Waals surface area contributed by atoms with Gasteiger partial charge in [-0.15, -0.1) is 13.2 Å². The molecule has 0 saturated heterocycles. The molecule has 0 radical (unpaired) electrons. The standard InChI is InChI=1S/C5H12.2C3H8.C2H6.C2H4/c1-3-5-4-2;2*1-3-2;2*1-2/h3-5H2,1-2H3;2*3H2,1-2H3;1-2H3;1-2H2. The van der Waals surface area contributed by atoms with Gasteiger partial charge in [-0.2, -0.15) is 0 Å². The molecule has 98 valence electrons. The minimum atomic E-state index is 1.25. The molecule has 0 unspecified atom stereocenters. The molecule has 0 nitrogen and oxygen atoms in total. The third-order valence-electron chi connectivity index (χ3n) is 0.707. The van der Waals surface area contributed by atoms with Gasteiger partial charge in [0, 0.05) is 0 Å². The minimum Gasteiger partial charge on any atom is -0.106 e. The van der Waals surface area contributed by atoms with Crippen LogP contribution in [-0.4, -0.2) is 0 Å². The number of hydrogen-bond acceptors (Lipinski definition) is 0. The second-order valence-electron chi connectivity index (χ2n) is 2.77. The maximum atomic E-state index is 3.00. The Labute approximate surface area is 101 Å². The normalized spacial score (nSPS) is 5.87. The van der Waals surface area contributed by atoms with Gasteiger partial charge in [0.15, 0.2) is 0 Å². The zero-order valence-corrected chi connectivity index (χ0v) is 12.9. The molecular weight excluding hydrogens is 180 g/mol. The quantitative estimate of drug-likeness (QED) is 0.444. The second-order valence-corrected chi connectivity index (χ2v) is 2.77. The van der Waals surface area contributed by atoms with Crippen molar-refractivity contribution in [2.45, 2.75) is 87.5 Å². The smallest absolute Gasteiger partial charge is 0.0538 e. The van der Waals surface area contributed by atoms with Crippen molar-refractivity contribution in [1.82, 2.24) is 0 Å². The van der Waals surface area contributed by atoms with Crippen molar-refractivity contribution in [1.29, 1.82) is 0 Å². The molecule has 0 aliphatic heterocycles. The van der Waals surface area contributed by atoms with Crippen LogP contribution in [-0.2, 0) is 0 Å². The average molecular weight is 218 g/mol. The lowest BCUT2D eigenvalue weighted by Crippen LogP contribution is -1.59. The summed E-state index contributed by atoms with van der Waals surface area (Å²) in [4.78, 5) is 0. The van der Waals surface area contributed by atoms with E-state index in [9.17, 15) is 0 Å². The molecule has 0 atom stereocenters. The Balaban J connectivity index is -0.0000000296. The van der Waals surface area contributed by atoms with E-state index in [0.29, 0.717) is 0 Å². The van der Waals surface area contributed by atoms with Gasteiger partial charge in [0.1, 0.15) is 0 Å². The van der Waals surface area contributed by atoms with Crippen LogP contribution in [0.3, 0.4) is 0 Å². The lowest BCUT2D eigenvalue weighted by Gasteiger charge is -1.79. The molecule has 0 heterocycles. The van der Waals surface area contributed by atoms with Gasteiger partial charge < -0.3 is 0 Å². The van der Waals surface area contributed by atoms with E-state index in [1.54, 1.807) is 0 Å². The lowest BCUT2D eigenvalue weighted by molar-refractivity contribution is 0.772. The molecule has 0 aliphatic carbocycles. The summed E-state index contributed by atoms with van der Waals surface area (Å²) in [6, 6.07) is 0. The van der Waals surface area contributed by atoms with Crippen LogP contribution in [0.1, 0.15) is 87.5 Å². The van der Waals surface area contributed by atoms with Crippen LogP contribution in [0.4, 0.5) is 0 Å². The lowest BCUT2D eigenvalue weighted by atomic mass is 10.3. The summed E-state index contributed by atoms with van der Waals surface area (Å²) in [5.41, 5.74) is 0. The Morgan fingerprint density at radius 2 is 0.733 bits per heavy atom. The maximum absolute atomic E-state index is 3.00. The molecular formula is C15H38. The van der Waals surface area contributed by atoms with Crippen LogP contribution in [0.2, 0.25) is 0 Å². The molecule has 15 heavy (non-hydrogen) atoms. The average Bonchev–Trinajstić information content (AvgIpc) is 2.27. The molecule has 0 bridgehead atoms. The number of hydrogen-bond donors (Lipinski definition) is 0. The summed E-state index contributed by atoms with van der Waals surface area (Å²) < 4.78 is 0. The van der Waals surface area contributed by atoms with Crippen molar-refractivity contribution in [2.24, 2.45) is 0 Å². The summed E-state index contributed by atoms with van der Waals surface area (Å²) >= 11 is 0. The number of rotatable bonds is 2. The summed E-state index contributed by atoms with van der Waals surface area (Å²) in [6.45, 7) is 22.9. The van der Waals surface area contributed by atoms with E-state index in [-0.39, 0.29) is 0 Å². The second kappa shape index (κ2) is 99.3. The Hall–Kier alpha value is -0.260. The minimum absolute atomic E-state index is 1.25. The Morgan fingerprint density at radius 1 is 0.600 bits per heavy atom. The first-order chi connectivity index (χ1) is 7.24. The van der Waals surface area contributed by atoms with E-state index in [0.717, 1.165) is 0 Å². The molecule has 0 fully saturated rings. The third kappa shape index (κ3) is 625. The first-order valence-electron chi connectivity index (χ1n) is 6.74. The fourth-order valence-electron chi connectivity index (χ4n) is 0.354. The van der Waals surface area contributed by atoms with E-state index in [4.69, 9.17) is 0 Å². The van der Waals surface area contributed by atoms with Crippen molar-refractivity contribution in [3.63, 3.8) is 0 Å². The molecule has 0 spiro atoms. The van der Waals surface area contributed by atoms with Gasteiger partial charge in [-0.25, -0.2) is 0 Å². The molecule has 0 aliphatic rings. The van der Waals surface area contributed by atoms with E-state index < -0.39 is 0 Å². The molecule has 0 amide bonds. The predicted octanol–water partition coefficient (Wildman–Crippen LogP) is 6.86. The largest absolute Gasteiger partial charge is 0.106 e. The Morgan fingerprint density at radius 3 is 0.733 bits per heavy atom. The summed E-state index contributed by atoms with van der Waals surface area (Å²) in [7, 11) is 0. The van der Waals surface area contributed by atoms with Crippen LogP contribution in [0.25, 0.3) is 0 Å².